The molecular formula is C38H48ClF2N5O4. The summed E-state index contributed by atoms with van der Waals surface area (Å²) >= 11 is 6.58. The van der Waals surface area contributed by atoms with Crippen molar-refractivity contribution >= 4 is 46.3 Å². The fourth-order valence-corrected chi connectivity index (χ4v) is 8.52. The highest BCUT2D eigenvalue weighted by Gasteiger charge is 2.41. The minimum Gasteiger partial charge on any atom is -0.376 e. The molecule has 3 aromatic rings. The molecular weight excluding hydrogens is 664 g/mol. The van der Waals surface area contributed by atoms with Crippen molar-refractivity contribution in [1.82, 2.24) is 19.3 Å². The van der Waals surface area contributed by atoms with Gasteiger partial charge >= 0.3 is 0 Å². The maximum Gasteiger partial charge on any atom is 0.257 e. The van der Waals surface area contributed by atoms with E-state index >= 15 is 4.39 Å². The van der Waals surface area contributed by atoms with Crippen molar-refractivity contribution in [2.24, 2.45) is 13.0 Å². The van der Waals surface area contributed by atoms with Gasteiger partial charge in [0.1, 0.15) is 18.8 Å². The van der Waals surface area contributed by atoms with E-state index in [0.717, 1.165) is 62.4 Å². The SMILES string of the molecule is C[C@@H]1CN([C@H]2C[C@@H](CO[C@H]3CC[C@H](C=O)CC3)N(C(=O)Cc3cc(Cl)c(NC(=O)c4cn(C)c5ccccc45)cc3F)C2)C[C@H](C)N1CCF. The standard InChI is InChI=1S/C38H48ClF2N5O4/c1-24-18-44(19-25(2)45(24)13-12-40)28-16-29(23-50-30-10-8-26(22-47)9-11-30)46(20-28)37(48)15-27-14-33(39)35(17-34(27)41)42-38(49)32-21-43(3)36-7-5-4-6-31(32)36/h4-7,14,17,21-22,24-26,28-30H,8-13,15-16,18-20,23H2,1-3H3,(H,42,49)/t24-,25+,26-,28-,29-,30-/m0/s1. The fraction of sp³-hybridized carbons (Fsp3) is 0.553. The van der Waals surface area contributed by atoms with Crippen LogP contribution in [0.1, 0.15) is 61.9 Å². The summed E-state index contributed by atoms with van der Waals surface area (Å²) in [7, 11) is 1.85. The molecule has 0 spiro atoms. The maximum absolute atomic E-state index is 15.6. The molecule has 6 rings (SSSR count). The maximum atomic E-state index is 15.6. The Hall–Kier alpha value is -3.38. The van der Waals surface area contributed by atoms with Crippen LogP contribution in [-0.2, 0) is 27.8 Å². The van der Waals surface area contributed by atoms with Crippen molar-refractivity contribution in [3.8, 4) is 0 Å². The summed E-state index contributed by atoms with van der Waals surface area (Å²) in [4.78, 5) is 44.9. The summed E-state index contributed by atoms with van der Waals surface area (Å²) in [5.74, 6) is -1.17. The van der Waals surface area contributed by atoms with Crippen LogP contribution in [0, 0.1) is 11.7 Å². The molecule has 270 valence electrons. The Bertz CT molecular complexity index is 1680. The number of fused-ring (bicyclic) bond motifs is 1. The van der Waals surface area contributed by atoms with E-state index in [-0.39, 0.29) is 71.5 Å². The zero-order valence-corrected chi connectivity index (χ0v) is 29.9. The van der Waals surface area contributed by atoms with E-state index in [1.165, 1.54) is 12.1 Å². The van der Waals surface area contributed by atoms with Gasteiger partial charge in [0.15, 0.2) is 0 Å². The Morgan fingerprint density at radius 2 is 1.78 bits per heavy atom. The van der Waals surface area contributed by atoms with Crippen molar-refractivity contribution in [3.63, 3.8) is 0 Å². The number of halogens is 3. The van der Waals surface area contributed by atoms with E-state index in [2.05, 4.69) is 29.0 Å². The molecule has 3 fully saturated rings. The van der Waals surface area contributed by atoms with Crippen molar-refractivity contribution in [1.29, 1.82) is 0 Å². The second-order valence-corrected chi connectivity index (χ2v) is 14.8. The summed E-state index contributed by atoms with van der Waals surface area (Å²) in [6.45, 7) is 6.67. The van der Waals surface area contributed by atoms with Crippen LogP contribution < -0.4 is 5.32 Å². The molecule has 2 aliphatic heterocycles. The Morgan fingerprint density at radius 1 is 1.06 bits per heavy atom. The average molecular weight is 712 g/mol. The van der Waals surface area contributed by atoms with Gasteiger partial charge in [-0.2, -0.15) is 0 Å². The number of carbonyl (C=O) groups excluding carboxylic acids is 3. The van der Waals surface area contributed by atoms with Crippen LogP contribution in [0.15, 0.2) is 42.6 Å². The molecule has 2 aromatic carbocycles. The van der Waals surface area contributed by atoms with E-state index in [4.69, 9.17) is 16.3 Å². The highest BCUT2D eigenvalue weighted by molar-refractivity contribution is 6.34. The van der Waals surface area contributed by atoms with E-state index in [0.29, 0.717) is 25.3 Å². The van der Waals surface area contributed by atoms with Crippen LogP contribution in [0.25, 0.3) is 10.9 Å². The second-order valence-electron chi connectivity index (χ2n) is 14.4. The number of nitrogens with zero attached hydrogens (tertiary/aromatic N) is 4. The minimum atomic E-state index is -0.627. The molecule has 50 heavy (non-hydrogen) atoms. The van der Waals surface area contributed by atoms with Crippen molar-refractivity contribution < 1.29 is 27.9 Å². The summed E-state index contributed by atoms with van der Waals surface area (Å²) in [6.07, 6.45) is 6.57. The topological polar surface area (TPSA) is 87.1 Å². The number of likely N-dealkylation sites (tertiary alicyclic amines) is 1. The molecule has 2 saturated heterocycles. The molecule has 0 radical (unpaired) electrons. The lowest BCUT2D eigenvalue weighted by atomic mass is 9.88. The monoisotopic (exact) mass is 711 g/mol. The first kappa shape index (κ1) is 36.4. The number of piperazine rings is 1. The number of aromatic nitrogens is 1. The van der Waals surface area contributed by atoms with Gasteiger partial charge < -0.3 is 24.3 Å². The Kier molecular flexibility index (Phi) is 11.6. The van der Waals surface area contributed by atoms with Gasteiger partial charge in [-0.15, -0.1) is 0 Å². The van der Waals surface area contributed by atoms with Crippen LogP contribution in [-0.4, -0.2) is 107 Å². The lowest BCUT2D eigenvalue weighted by Gasteiger charge is -2.46. The van der Waals surface area contributed by atoms with Crippen molar-refractivity contribution in [3.05, 3.63) is 64.6 Å². The predicted octanol–water partition coefficient (Wildman–Crippen LogP) is 5.87. The number of nitrogens with one attached hydrogen (secondary N) is 1. The summed E-state index contributed by atoms with van der Waals surface area (Å²) < 4.78 is 37.1. The first-order valence-electron chi connectivity index (χ1n) is 17.8. The van der Waals surface area contributed by atoms with Crippen LogP contribution in [0.4, 0.5) is 14.5 Å². The first-order valence-corrected chi connectivity index (χ1v) is 18.2. The number of carbonyl (C=O) groups is 3. The van der Waals surface area contributed by atoms with Gasteiger partial charge in [0.05, 0.1) is 41.4 Å². The number of benzene rings is 2. The van der Waals surface area contributed by atoms with Gasteiger partial charge in [-0.25, -0.2) is 8.78 Å². The van der Waals surface area contributed by atoms with E-state index in [9.17, 15) is 18.8 Å². The number of hydrogen-bond donors (Lipinski definition) is 1. The predicted molar refractivity (Wildman–Crippen MR) is 191 cm³/mol. The molecule has 2 amide bonds. The molecule has 1 aromatic heterocycles. The van der Waals surface area contributed by atoms with Gasteiger partial charge in [-0.05, 0) is 69.7 Å². The number of alkyl halides is 1. The van der Waals surface area contributed by atoms with Gasteiger partial charge in [0.25, 0.3) is 5.91 Å². The third kappa shape index (κ3) is 7.91. The van der Waals surface area contributed by atoms with Crippen LogP contribution in [0.2, 0.25) is 5.02 Å². The molecule has 0 unspecified atom stereocenters. The highest BCUT2D eigenvalue weighted by Crippen LogP contribution is 2.32. The minimum absolute atomic E-state index is 0.0411. The second kappa shape index (κ2) is 15.9. The largest absolute Gasteiger partial charge is 0.376 e. The third-order valence-corrected chi connectivity index (χ3v) is 11.3. The molecule has 9 nitrogen and oxygen atoms in total. The van der Waals surface area contributed by atoms with Crippen molar-refractivity contribution in [2.45, 2.75) is 82.6 Å². The molecule has 4 atom stereocenters. The quantitative estimate of drug-likeness (QED) is 0.251. The van der Waals surface area contributed by atoms with Crippen LogP contribution in [0.3, 0.4) is 0 Å². The summed E-state index contributed by atoms with van der Waals surface area (Å²) in [6, 6.07) is 10.4. The highest BCUT2D eigenvalue weighted by atomic mass is 35.5. The lowest BCUT2D eigenvalue weighted by molar-refractivity contribution is -0.133. The molecule has 3 heterocycles. The number of rotatable bonds is 11. The van der Waals surface area contributed by atoms with Crippen LogP contribution in [0.5, 0.6) is 0 Å². The summed E-state index contributed by atoms with van der Waals surface area (Å²) in [5, 5.41) is 3.66. The number of aryl methyl sites for hydroxylation is 1. The molecule has 3 aliphatic rings. The van der Waals surface area contributed by atoms with E-state index < -0.39 is 11.7 Å². The number of amides is 2. The average Bonchev–Trinajstić information content (AvgIpc) is 3.69. The van der Waals surface area contributed by atoms with Gasteiger partial charge in [0, 0.05) is 74.4 Å². The number of anilines is 1. The molecule has 1 aliphatic carbocycles. The molecule has 1 saturated carbocycles. The number of ether oxygens (including phenoxy) is 1. The Balaban J connectivity index is 1.15. The molecule has 0 bridgehead atoms. The number of para-hydroxylation sites is 1. The zero-order chi connectivity index (χ0) is 35.5. The number of hydrogen-bond acceptors (Lipinski definition) is 6. The Labute approximate surface area is 297 Å². The van der Waals surface area contributed by atoms with Gasteiger partial charge in [0.2, 0.25) is 5.91 Å². The van der Waals surface area contributed by atoms with Gasteiger partial charge in [-0.1, -0.05) is 29.8 Å². The summed E-state index contributed by atoms with van der Waals surface area (Å²) in [5.41, 5.74) is 1.62. The fourth-order valence-electron chi connectivity index (χ4n) is 8.29. The first-order chi connectivity index (χ1) is 24.1. The molecule has 12 heteroatoms. The normalized spacial score (nSPS) is 26.4. The Morgan fingerprint density at radius 3 is 2.48 bits per heavy atom. The number of aldehydes is 1. The van der Waals surface area contributed by atoms with Gasteiger partial charge in [-0.3, -0.25) is 19.4 Å². The van der Waals surface area contributed by atoms with Crippen molar-refractivity contribution in [2.75, 3.05) is 44.8 Å². The third-order valence-electron chi connectivity index (χ3n) is 11.0. The molecule has 1 N–H and O–H groups in total. The smallest absolute Gasteiger partial charge is 0.257 e. The lowest BCUT2D eigenvalue weighted by Crippen LogP contribution is -2.59. The van der Waals surface area contributed by atoms with E-state index in [1.807, 2.05) is 40.8 Å². The van der Waals surface area contributed by atoms with Crippen LogP contribution >= 0.6 is 11.6 Å². The zero-order valence-electron chi connectivity index (χ0n) is 29.1. The van der Waals surface area contributed by atoms with E-state index in [1.54, 1.807) is 6.20 Å².